The van der Waals surface area contributed by atoms with Gasteiger partial charge in [-0.2, -0.15) is 0 Å². The second kappa shape index (κ2) is 6.82. The highest BCUT2D eigenvalue weighted by Gasteiger charge is 2.27. The van der Waals surface area contributed by atoms with Crippen LogP contribution in [0.1, 0.15) is 49.8 Å². The Bertz CT molecular complexity index is 686. The maximum atomic E-state index is 14.5. The lowest BCUT2D eigenvalue weighted by Crippen LogP contribution is -1.99. The molecule has 0 nitrogen and oxygen atoms in total. The lowest BCUT2D eigenvalue weighted by Gasteiger charge is -2.10. The number of hydrogen-bond donors (Lipinski definition) is 0. The van der Waals surface area contributed by atoms with Crippen molar-refractivity contribution in [2.24, 2.45) is 5.92 Å². The molecule has 0 aromatic heterocycles. The van der Waals surface area contributed by atoms with E-state index in [0.717, 1.165) is 43.2 Å². The first-order valence-electron chi connectivity index (χ1n) is 8.73. The van der Waals surface area contributed by atoms with Crippen LogP contribution in [-0.4, -0.2) is 0 Å². The maximum absolute atomic E-state index is 14.5. The van der Waals surface area contributed by atoms with E-state index in [2.05, 4.69) is 13.8 Å². The molecule has 2 aromatic carbocycles. The van der Waals surface area contributed by atoms with E-state index in [4.69, 9.17) is 0 Å². The van der Waals surface area contributed by atoms with Gasteiger partial charge in [0.2, 0.25) is 0 Å². The quantitative estimate of drug-likeness (QED) is 0.625. The topological polar surface area (TPSA) is 0 Å². The Kier molecular flexibility index (Phi) is 4.79. The minimum Gasteiger partial charge on any atom is -0.203 e. The molecule has 3 rings (SSSR count). The van der Waals surface area contributed by atoms with Crippen molar-refractivity contribution < 1.29 is 8.78 Å². The van der Waals surface area contributed by atoms with Crippen LogP contribution >= 0.6 is 0 Å². The molecule has 0 bridgehead atoms. The lowest BCUT2D eigenvalue weighted by molar-refractivity contribution is 0.482. The van der Waals surface area contributed by atoms with Gasteiger partial charge in [0.05, 0.1) is 0 Å². The van der Waals surface area contributed by atoms with E-state index in [0.29, 0.717) is 23.5 Å². The van der Waals surface area contributed by atoms with Crippen molar-refractivity contribution in [2.75, 3.05) is 0 Å². The molecule has 2 heteroatoms. The Labute approximate surface area is 137 Å². The normalized spacial score (nSPS) is 16.6. The van der Waals surface area contributed by atoms with E-state index >= 15 is 0 Å². The summed E-state index contributed by atoms with van der Waals surface area (Å²) >= 11 is 0. The first-order valence-corrected chi connectivity index (χ1v) is 8.73. The standard InChI is InChI=1S/C21H24F2/c1-3-5-14-7-9-16(10-8-14)19-13-17-11-15(6-4-2)12-18(17)20(22)21(19)23/h7-10,13,15H,3-6,11-12H2,1-2H3. The first-order chi connectivity index (χ1) is 11.1. The third-order valence-electron chi connectivity index (χ3n) is 4.90. The fourth-order valence-electron chi connectivity index (χ4n) is 3.75. The molecule has 0 amide bonds. The van der Waals surface area contributed by atoms with Crippen molar-refractivity contribution >= 4 is 0 Å². The zero-order valence-electron chi connectivity index (χ0n) is 14.0. The predicted molar refractivity (Wildman–Crippen MR) is 91.6 cm³/mol. The molecule has 0 aliphatic heterocycles. The summed E-state index contributed by atoms with van der Waals surface area (Å²) in [6.45, 7) is 4.28. The molecule has 0 N–H and O–H groups in total. The van der Waals surface area contributed by atoms with Crippen molar-refractivity contribution in [1.82, 2.24) is 0 Å². The number of benzene rings is 2. The highest BCUT2D eigenvalue weighted by Crippen LogP contribution is 2.37. The summed E-state index contributed by atoms with van der Waals surface area (Å²) in [6.07, 6.45) is 5.83. The zero-order valence-corrected chi connectivity index (χ0v) is 14.0. The van der Waals surface area contributed by atoms with Gasteiger partial charge in [-0.15, -0.1) is 0 Å². The molecule has 1 unspecified atom stereocenters. The number of halogens is 2. The van der Waals surface area contributed by atoms with E-state index in [9.17, 15) is 8.78 Å². The van der Waals surface area contributed by atoms with Crippen molar-refractivity contribution in [3.05, 3.63) is 58.7 Å². The molecular weight excluding hydrogens is 290 g/mol. The summed E-state index contributed by atoms with van der Waals surface area (Å²) < 4.78 is 29.0. The number of aryl methyl sites for hydroxylation is 1. The molecule has 23 heavy (non-hydrogen) atoms. The van der Waals surface area contributed by atoms with Crippen LogP contribution in [0.2, 0.25) is 0 Å². The number of fused-ring (bicyclic) bond motifs is 1. The van der Waals surface area contributed by atoms with Gasteiger partial charge in [-0.1, -0.05) is 57.4 Å². The Morgan fingerprint density at radius 1 is 0.957 bits per heavy atom. The molecule has 1 aliphatic rings. The fraction of sp³-hybridized carbons (Fsp3) is 0.429. The molecule has 0 heterocycles. The Morgan fingerprint density at radius 2 is 1.70 bits per heavy atom. The van der Waals surface area contributed by atoms with Crippen LogP contribution in [0.15, 0.2) is 30.3 Å². The lowest BCUT2D eigenvalue weighted by atomic mass is 9.97. The van der Waals surface area contributed by atoms with E-state index in [1.807, 2.05) is 30.3 Å². The van der Waals surface area contributed by atoms with Crippen molar-refractivity contribution in [3.63, 3.8) is 0 Å². The molecular formula is C21H24F2. The summed E-state index contributed by atoms with van der Waals surface area (Å²) in [5.74, 6) is -0.857. The van der Waals surface area contributed by atoms with Crippen LogP contribution in [-0.2, 0) is 19.3 Å². The van der Waals surface area contributed by atoms with Crippen LogP contribution in [0, 0.1) is 17.6 Å². The molecule has 1 atom stereocenters. The van der Waals surface area contributed by atoms with E-state index in [1.165, 1.54) is 5.56 Å². The number of rotatable bonds is 5. The van der Waals surface area contributed by atoms with Gasteiger partial charge in [-0.3, -0.25) is 0 Å². The Hall–Kier alpha value is -1.70. The highest BCUT2D eigenvalue weighted by atomic mass is 19.2. The van der Waals surface area contributed by atoms with Gasteiger partial charge in [-0.25, -0.2) is 8.78 Å². The molecule has 0 saturated heterocycles. The van der Waals surface area contributed by atoms with Gasteiger partial charge >= 0.3 is 0 Å². The van der Waals surface area contributed by atoms with Crippen LogP contribution in [0.25, 0.3) is 11.1 Å². The molecule has 0 saturated carbocycles. The van der Waals surface area contributed by atoms with Crippen LogP contribution in [0.3, 0.4) is 0 Å². The first kappa shape index (κ1) is 16.2. The van der Waals surface area contributed by atoms with Crippen molar-refractivity contribution in [2.45, 2.75) is 52.4 Å². The zero-order chi connectivity index (χ0) is 16.4. The Balaban J connectivity index is 1.95. The van der Waals surface area contributed by atoms with E-state index < -0.39 is 11.6 Å². The molecule has 0 spiro atoms. The average Bonchev–Trinajstić information content (AvgIpc) is 2.95. The molecule has 0 radical (unpaired) electrons. The highest BCUT2D eigenvalue weighted by molar-refractivity contribution is 5.67. The summed E-state index contributed by atoms with van der Waals surface area (Å²) in [6, 6.07) is 9.73. The van der Waals surface area contributed by atoms with E-state index in [-0.39, 0.29) is 0 Å². The van der Waals surface area contributed by atoms with Crippen molar-refractivity contribution in [1.29, 1.82) is 0 Å². The van der Waals surface area contributed by atoms with Gasteiger partial charge in [0.25, 0.3) is 0 Å². The van der Waals surface area contributed by atoms with Gasteiger partial charge < -0.3 is 0 Å². The van der Waals surface area contributed by atoms with Crippen LogP contribution in [0.4, 0.5) is 8.78 Å². The smallest absolute Gasteiger partial charge is 0.166 e. The van der Waals surface area contributed by atoms with Gasteiger partial charge in [0, 0.05) is 5.56 Å². The largest absolute Gasteiger partial charge is 0.203 e. The second-order valence-corrected chi connectivity index (χ2v) is 6.70. The van der Waals surface area contributed by atoms with Gasteiger partial charge in [-0.05, 0) is 53.5 Å². The third kappa shape index (κ3) is 3.17. The molecule has 122 valence electrons. The third-order valence-corrected chi connectivity index (χ3v) is 4.90. The van der Waals surface area contributed by atoms with Crippen LogP contribution < -0.4 is 0 Å². The average molecular weight is 314 g/mol. The Morgan fingerprint density at radius 3 is 2.35 bits per heavy atom. The van der Waals surface area contributed by atoms with Crippen LogP contribution in [0.5, 0.6) is 0 Å². The minimum absolute atomic E-state index is 0.404. The monoisotopic (exact) mass is 314 g/mol. The minimum atomic E-state index is -0.691. The number of hydrogen-bond acceptors (Lipinski definition) is 0. The van der Waals surface area contributed by atoms with Crippen molar-refractivity contribution in [3.8, 4) is 11.1 Å². The molecule has 1 aliphatic carbocycles. The van der Waals surface area contributed by atoms with Gasteiger partial charge in [0.1, 0.15) is 0 Å². The summed E-state index contributed by atoms with van der Waals surface area (Å²) in [7, 11) is 0. The fourth-order valence-corrected chi connectivity index (χ4v) is 3.75. The molecule has 2 aromatic rings. The van der Waals surface area contributed by atoms with Gasteiger partial charge in [0.15, 0.2) is 11.6 Å². The summed E-state index contributed by atoms with van der Waals surface area (Å²) in [5.41, 5.74) is 4.01. The SMILES string of the molecule is CCCc1ccc(-c2cc3c(c(F)c2F)CC(CCC)C3)cc1. The predicted octanol–water partition coefficient (Wildman–Crippen LogP) is 6.10. The second-order valence-electron chi connectivity index (χ2n) is 6.70. The molecule has 0 fully saturated rings. The maximum Gasteiger partial charge on any atom is 0.166 e. The summed E-state index contributed by atoms with van der Waals surface area (Å²) in [5, 5.41) is 0. The van der Waals surface area contributed by atoms with E-state index in [1.54, 1.807) is 0 Å². The summed E-state index contributed by atoms with van der Waals surface area (Å²) in [4.78, 5) is 0.